The number of carbonyl (C=O) groups excluding carboxylic acids is 3. The lowest BCUT2D eigenvalue weighted by Gasteiger charge is -2.49. The maximum atomic E-state index is 14.3. The summed E-state index contributed by atoms with van der Waals surface area (Å²) in [5.41, 5.74) is 3.15. The summed E-state index contributed by atoms with van der Waals surface area (Å²) in [7, 11) is 3.84. The van der Waals surface area contributed by atoms with Crippen LogP contribution in [-0.2, 0) is 4.79 Å². The summed E-state index contributed by atoms with van der Waals surface area (Å²) in [6, 6.07) is 17.1. The fourth-order valence-corrected chi connectivity index (χ4v) is 4.51. The van der Waals surface area contributed by atoms with Crippen LogP contribution in [0.25, 0.3) is 0 Å². The Morgan fingerprint density at radius 3 is 1.94 bits per heavy atom. The number of nitrogens with zero attached hydrogens (tertiary/aromatic N) is 3. The molecular weight excluding hydrogens is 421 g/mol. The minimum atomic E-state index is -1.01. The summed E-state index contributed by atoms with van der Waals surface area (Å²) < 4.78 is 14.3. The van der Waals surface area contributed by atoms with Crippen LogP contribution >= 0.6 is 0 Å². The number of hydrogen-bond acceptors (Lipinski definition) is 4. The second kappa shape index (κ2) is 7.55. The fourth-order valence-electron chi connectivity index (χ4n) is 4.51. The van der Waals surface area contributed by atoms with E-state index in [9.17, 15) is 18.8 Å². The Hall–Kier alpha value is -4.00. The third-order valence-corrected chi connectivity index (χ3v) is 6.36. The van der Waals surface area contributed by atoms with E-state index in [0.717, 1.165) is 16.2 Å². The van der Waals surface area contributed by atoms with Gasteiger partial charge in [-0.05, 0) is 54.4 Å². The molecule has 0 saturated carbocycles. The summed E-state index contributed by atoms with van der Waals surface area (Å²) in [6.45, 7) is 1.65. The largest absolute Gasteiger partial charge is 0.378 e. The molecule has 2 atom stereocenters. The van der Waals surface area contributed by atoms with E-state index in [0.29, 0.717) is 11.3 Å². The van der Waals surface area contributed by atoms with E-state index in [1.807, 2.05) is 43.3 Å². The molecule has 1 saturated heterocycles. The molecule has 2 aliphatic heterocycles. The molecule has 6 nitrogen and oxygen atoms in total. The molecule has 0 unspecified atom stereocenters. The molecule has 0 N–H and O–H groups in total. The average molecular weight is 443 g/mol. The molecule has 7 heteroatoms. The molecular formula is C26H22FN3O3. The molecule has 166 valence electrons. The van der Waals surface area contributed by atoms with E-state index in [1.165, 1.54) is 11.0 Å². The van der Waals surface area contributed by atoms with Crippen LogP contribution in [0.1, 0.15) is 37.9 Å². The predicted octanol–water partition coefficient (Wildman–Crippen LogP) is 3.95. The van der Waals surface area contributed by atoms with Gasteiger partial charge in [-0.1, -0.05) is 30.3 Å². The number of hydrogen-bond donors (Lipinski definition) is 0. The summed E-state index contributed by atoms with van der Waals surface area (Å²) in [5, 5.41) is 0. The van der Waals surface area contributed by atoms with Crippen molar-refractivity contribution in [3.8, 4) is 0 Å². The molecule has 0 spiro atoms. The lowest BCUT2D eigenvalue weighted by Crippen LogP contribution is -2.67. The zero-order chi connectivity index (χ0) is 23.4. The summed E-state index contributed by atoms with van der Waals surface area (Å²) >= 11 is 0. The third-order valence-electron chi connectivity index (χ3n) is 6.36. The Balaban J connectivity index is 1.59. The highest BCUT2D eigenvalue weighted by atomic mass is 19.1. The predicted molar refractivity (Wildman–Crippen MR) is 123 cm³/mol. The molecule has 0 bridgehead atoms. The van der Waals surface area contributed by atoms with E-state index >= 15 is 0 Å². The minimum Gasteiger partial charge on any atom is -0.378 e. The van der Waals surface area contributed by atoms with Crippen molar-refractivity contribution >= 4 is 29.1 Å². The van der Waals surface area contributed by atoms with Crippen molar-refractivity contribution in [1.82, 2.24) is 4.90 Å². The molecule has 3 aromatic rings. The van der Waals surface area contributed by atoms with Gasteiger partial charge in [-0.3, -0.25) is 19.3 Å². The van der Waals surface area contributed by atoms with Gasteiger partial charge in [0.25, 0.3) is 17.7 Å². The number of imide groups is 1. The summed E-state index contributed by atoms with van der Waals surface area (Å²) in [5.74, 6) is -1.82. The van der Waals surface area contributed by atoms with Gasteiger partial charge in [0.05, 0.1) is 17.2 Å². The van der Waals surface area contributed by atoms with Crippen LogP contribution in [0.3, 0.4) is 0 Å². The van der Waals surface area contributed by atoms with Crippen LogP contribution in [0.5, 0.6) is 0 Å². The maximum absolute atomic E-state index is 14.3. The first-order valence-electron chi connectivity index (χ1n) is 10.6. The second-order valence-corrected chi connectivity index (χ2v) is 8.54. The molecule has 2 heterocycles. The first-order chi connectivity index (χ1) is 15.8. The van der Waals surface area contributed by atoms with Crippen molar-refractivity contribution in [2.45, 2.75) is 19.0 Å². The monoisotopic (exact) mass is 443 g/mol. The van der Waals surface area contributed by atoms with Crippen LogP contribution in [0.2, 0.25) is 0 Å². The highest BCUT2D eigenvalue weighted by molar-refractivity contribution is 6.24. The van der Waals surface area contributed by atoms with Crippen molar-refractivity contribution in [2.75, 3.05) is 23.9 Å². The average Bonchev–Trinajstić information content (AvgIpc) is 3.05. The van der Waals surface area contributed by atoms with Crippen LogP contribution in [-0.4, -0.2) is 42.8 Å². The van der Waals surface area contributed by atoms with Gasteiger partial charge in [-0.2, -0.15) is 0 Å². The SMILES string of the molecule is Cc1ccc(N2C(=O)[C@@H](N3C(=O)c4ccccc4C3=O)[C@H]2c2ccc(N(C)C)cc2)cc1F. The highest BCUT2D eigenvalue weighted by Crippen LogP contribution is 2.44. The molecule has 5 rings (SSSR count). The quantitative estimate of drug-likeness (QED) is 0.453. The second-order valence-electron chi connectivity index (χ2n) is 8.54. The van der Waals surface area contributed by atoms with E-state index in [2.05, 4.69) is 0 Å². The number of rotatable bonds is 4. The number of benzene rings is 3. The van der Waals surface area contributed by atoms with E-state index in [-0.39, 0.29) is 11.1 Å². The Morgan fingerprint density at radius 2 is 1.39 bits per heavy atom. The van der Waals surface area contributed by atoms with Gasteiger partial charge >= 0.3 is 0 Å². The summed E-state index contributed by atoms with van der Waals surface area (Å²) in [4.78, 5) is 44.1. The number of carbonyl (C=O) groups is 3. The van der Waals surface area contributed by atoms with Crippen LogP contribution in [0, 0.1) is 12.7 Å². The summed E-state index contributed by atoms with van der Waals surface area (Å²) in [6.07, 6.45) is 0. The van der Waals surface area contributed by atoms with E-state index in [4.69, 9.17) is 0 Å². The minimum absolute atomic E-state index is 0.289. The molecule has 33 heavy (non-hydrogen) atoms. The fraction of sp³-hybridized carbons (Fsp3) is 0.192. The Kier molecular flexibility index (Phi) is 4.78. The van der Waals surface area contributed by atoms with E-state index in [1.54, 1.807) is 43.3 Å². The van der Waals surface area contributed by atoms with Crippen LogP contribution < -0.4 is 9.80 Å². The first kappa shape index (κ1) is 20.9. The van der Waals surface area contributed by atoms with Crippen molar-refractivity contribution in [1.29, 1.82) is 0 Å². The maximum Gasteiger partial charge on any atom is 0.262 e. The molecule has 0 aliphatic carbocycles. The third kappa shape index (κ3) is 3.11. The first-order valence-corrected chi connectivity index (χ1v) is 10.6. The number of halogens is 1. The van der Waals surface area contributed by atoms with Gasteiger partial charge in [-0.25, -0.2) is 4.39 Å². The zero-order valence-electron chi connectivity index (χ0n) is 18.4. The Labute approximate surface area is 190 Å². The Bertz CT molecular complexity index is 1270. The lowest BCUT2D eigenvalue weighted by atomic mass is 9.86. The van der Waals surface area contributed by atoms with Gasteiger partial charge < -0.3 is 9.80 Å². The molecule has 2 aliphatic rings. The van der Waals surface area contributed by atoms with Gasteiger partial charge in [0.15, 0.2) is 0 Å². The number of aryl methyl sites for hydroxylation is 1. The lowest BCUT2D eigenvalue weighted by molar-refractivity contribution is -0.130. The van der Waals surface area contributed by atoms with Gasteiger partial charge in [-0.15, -0.1) is 0 Å². The standard InChI is InChI=1S/C26H22FN3O3/c1-15-8-11-18(14-21(15)27)29-22(16-9-12-17(13-10-16)28(2)3)23(26(29)33)30-24(31)19-6-4-5-7-20(19)25(30)32/h4-14,22-23H,1-3H3/t22-,23+/m1/s1. The molecule has 0 radical (unpaired) electrons. The number of β-lactam (4-membered cyclic amide) rings is 1. The number of fused-ring (bicyclic) bond motifs is 1. The van der Waals surface area contributed by atoms with Gasteiger partial charge in [0.1, 0.15) is 11.9 Å². The molecule has 3 amide bonds. The van der Waals surface area contributed by atoms with Crippen LogP contribution in [0.15, 0.2) is 66.7 Å². The number of amides is 3. The highest BCUT2D eigenvalue weighted by Gasteiger charge is 2.57. The molecule has 3 aromatic carbocycles. The number of anilines is 2. The van der Waals surface area contributed by atoms with Crippen LogP contribution in [0.4, 0.5) is 15.8 Å². The zero-order valence-corrected chi connectivity index (χ0v) is 18.4. The van der Waals surface area contributed by atoms with Gasteiger partial charge in [0.2, 0.25) is 0 Å². The van der Waals surface area contributed by atoms with Crippen molar-refractivity contribution in [2.24, 2.45) is 0 Å². The van der Waals surface area contributed by atoms with E-state index < -0.39 is 35.6 Å². The van der Waals surface area contributed by atoms with Crippen molar-refractivity contribution < 1.29 is 18.8 Å². The van der Waals surface area contributed by atoms with Crippen molar-refractivity contribution in [3.05, 3.63) is 94.8 Å². The van der Waals surface area contributed by atoms with Gasteiger partial charge in [0, 0.05) is 25.5 Å². The molecule has 0 aromatic heterocycles. The smallest absolute Gasteiger partial charge is 0.262 e. The topological polar surface area (TPSA) is 60.9 Å². The normalized spacial score (nSPS) is 19.6. The Morgan fingerprint density at radius 1 is 0.788 bits per heavy atom. The molecule has 1 fully saturated rings. The van der Waals surface area contributed by atoms with Crippen molar-refractivity contribution in [3.63, 3.8) is 0 Å².